The van der Waals surface area contributed by atoms with Gasteiger partial charge in [-0.3, -0.25) is 9.89 Å². The summed E-state index contributed by atoms with van der Waals surface area (Å²) in [6.07, 6.45) is 2.19. The molecule has 5 nitrogen and oxygen atoms in total. The zero-order chi connectivity index (χ0) is 10.6. The van der Waals surface area contributed by atoms with Crippen LogP contribution in [0.5, 0.6) is 0 Å². The summed E-state index contributed by atoms with van der Waals surface area (Å²) in [6, 6.07) is -0.184. The van der Waals surface area contributed by atoms with Gasteiger partial charge in [0.05, 0.1) is 24.4 Å². The number of nitrogens with one attached hydrogen (secondary N) is 2. The van der Waals surface area contributed by atoms with Gasteiger partial charge in [0, 0.05) is 5.69 Å². The molecule has 3 N–H and O–H groups in total. The molecule has 0 aliphatic carbocycles. The van der Waals surface area contributed by atoms with Crippen molar-refractivity contribution in [2.24, 2.45) is 0 Å². The molecule has 5 heteroatoms. The highest BCUT2D eigenvalue weighted by atomic mass is 16.3. The van der Waals surface area contributed by atoms with E-state index in [9.17, 15) is 4.79 Å². The minimum atomic E-state index is -0.197. The summed E-state index contributed by atoms with van der Waals surface area (Å²) < 4.78 is 0. The number of carbonyl (C=O) groups is 1. The van der Waals surface area contributed by atoms with Crippen LogP contribution in [-0.2, 0) is 0 Å². The molecule has 1 aromatic heterocycles. The molecule has 1 aromatic rings. The number of aryl methyl sites for hydroxylation is 1. The number of hydrogen-bond acceptors (Lipinski definition) is 3. The second kappa shape index (κ2) is 4.76. The molecule has 0 radical (unpaired) electrons. The van der Waals surface area contributed by atoms with E-state index in [2.05, 4.69) is 15.5 Å². The van der Waals surface area contributed by atoms with E-state index in [-0.39, 0.29) is 18.6 Å². The maximum absolute atomic E-state index is 11.6. The maximum atomic E-state index is 11.6. The fraction of sp³-hybridized carbons (Fsp3) is 0.556. The van der Waals surface area contributed by atoms with E-state index in [0.29, 0.717) is 12.0 Å². The average Bonchev–Trinajstić information content (AvgIpc) is 2.60. The lowest BCUT2D eigenvalue weighted by Gasteiger charge is -2.13. The fourth-order valence-corrected chi connectivity index (χ4v) is 1.12. The Morgan fingerprint density at radius 2 is 2.50 bits per heavy atom. The Bertz CT molecular complexity index is 305. The molecule has 1 heterocycles. The molecule has 0 saturated heterocycles. The molecule has 1 unspecified atom stereocenters. The number of amides is 1. The van der Waals surface area contributed by atoms with Crippen molar-refractivity contribution in [2.75, 3.05) is 6.61 Å². The van der Waals surface area contributed by atoms with Crippen LogP contribution in [0.4, 0.5) is 0 Å². The highest BCUT2D eigenvalue weighted by Crippen LogP contribution is 2.03. The van der Waals surface area contributed by atoms with Gasteiger partial charge < -0.3 is 10.4 Å². The van der Waals surface area contributed by atoms with Gasteiger partial charge in [0.1, 0.15) is 0 Å². The van der Waals surface area contributed by atoms with Crippen LogP contribution in [0, 0.1) is 6.92 Å². The Morgan fingerprint density at radius 1 is 1.79 bits per heavy atom. The third-order valence-corrected chi connectivity index (χ3v) is 2.12. The van der Waals surface area contributed by atoms with E-state index in [0.717, 1.165) is 5.69 Å². The molecule has 0 aliphatic rings. The lowest BCUT2D eigenvalue weighted by Crippen LogP contribution is -2.37. The van der Waals surface area contributed by atoms with Gasteiger partial charge in [-0.2, -0.15) is 5.10 Å². The second-order valence-corrected chi connectivity index (χ2v) is 3.17. The van der Waals surface area contributed by atoms with Gasteiger partial charge in [-0.15, -0.1) is 0 Å². The predicted octanol–water partition coefficient (Wildman–Crippen LogP) is 0.219. The van der Waals surface area contributed by atoms with Gasteiger partial charge in [0.25, 0.3) is 5.91 Å². The number of aliphatic hydroxyl groups is 1. The molecule has 1 atom stereocenters. The van der Waals surface area contributed by atoms with Crippen LogP contribution in [-0.4, -0.2) is 33.9 Å². The van der Waals surface area contributed by atoms with E-state index in [1.165, 1.54) is 6.20 Å². The summed E-state index contributed by atoms with van der Waals surface area (Å²) >= 11 is 0. The van der Waals surface area contributed by atoms with Crippen LogP contribution < -0.4 is 5.32 Å². The van der Waals surface area contributed by atoms with Crippen molar-refractivity contribution in [2.45, 2.75) is 26.3 Å². The number of rotatable bonds is 4. The molecular formula is C9H15N3O2. The Hall–Kier alpha value is -1.36. The maximum Gasteiger partial charge on any atom is 0.255 e. The van der Waals surface area contributed by atoms with Gasteiger partial charge in [-0.05, 0) is 13.3 Å². The normalized spacial score (nSPS) is 12.5. The fourth-order valence-electron chi connectivity index (χ4n) is 1.12. The van der Waals surface area contributed by atoms with Gasteiger partial charge >= 0.3 is 0 Å². The third kappa shape index (κ3) is 2.32. The van der Waals surface area contributed by atoms with Gasteiger partial charge in [-0.1, -0.05) is 6.92 Å². The molecule has 1 rings (SSSR count). The first-order chi connectivity index (χ1) is 6.69. The molecule has 0 aliphatic heterocycles. The minimum Gasteiger partial charge on any atom is -0.394 e. The van der Waals surface area contributed by atoms with Gasteiger partial charge in [0.15, 0.2) is 0 Å². The zero-order valence-corrected chi connectivity index (χ0v) is 8.37. The summed E-state index contributed by atoms with van der Waals surface area (Å²) in [5, 5.41) is 18.1. The van der Waals surface area contributed by atoms with Crippen molar-refractivity contribution >= 4 is 5.91 Å². The lowest BCUT2D eigenvalue weighted by atomic mass is 10.2. The molecule has 78 valence electrons. The van der Waals surface area contributed by atoms with Gasteiger partial charge in [0.2, 0.25) is 0 Å². The van der Waals surface area contributed by atoms with Crippen molar-refractivity contribution in [3.8, 4) is 0 Å². The van der Waals surface area contributed by atoms with E-state index in [1.54, 1.807) is 6.92 Å². The zero-order valence-electron chi connectivity index (χ0n) is 8.37. The van der Waals surface area contributed by atoms with Crippen LogP contribution >= 0.6 is 0 Å². The average molecular weight is 197 g/mol. The van der Waals surface area contributed by atoms with E-state index in [1.807, 2.05) is 6.92 Å². The first-order valence-electron chi connectivity index (χ1n) is 4.60. The van der Waals surface area contributed by atoms with E-state index in [4.69, 9.17) is 5.11 Å². The van der Waals surface area contributed by atoms with Crippen LogP contribution in [0.1, 0.15) is 29.4 Å². The van der Waals surface area contributed by atoms with Crippen LogP contribution in [0.2, 0.25) is 0 Å². The molecule has 0 aromatic carbocycles. The largest absolute Gasteiger partial charge is 0.394 e. The summed E-state index contributed by atoms with van der Waals surface area (Å²) in [6.45, 7) is 3.64. The van der Waals surface area contributed by atoms with Crippen molar-refractivity contribution in [1.29, 1.82) is 0 Å². The number of aliphatic hydroxyl groups excluding tert-OH is 1. The van der Waals surface area contributed by atoms with Crippen molar-refractivity contribution < 1.29 is 9.90 Å². The highest BCUT2D eigenvalue weighted by molar-refractivity contribution is 5.95. The predicted molar refractivity (Wildman–Crippen MR) is 52.0 cm³/mol. The number of aromatic amines is 1. The Labute approximate surface area is 82.5 Å². The summed E-state index contributed by atoms with van der Waals surface area (Å²) in [4.78, 5) is 11.6. The number of carbonyl (C=O) groups excluding carboxylic acids is 1. The van der Waals surface area contributed by atoms with Crippen molar-refractivity contribution in [1.82, 2.24) is 15.5 Å². The number of nitrogens with zero attached hydrogens (tertiary/aromatic N) is 1. The third-order valence-electron chi connectivity index (χ3n) is 2.12. The molecular weight excluding hydrogens is 182 g/mol. The quantitative estimate of drug-likeness (QED) is 0.646. The highest BCUT2D eigenvalue weighted by Gasteiger charge is 2.14. The molecule has 0 saturated carbocycles. The minimum absolute atomic E-state index is 0.0425. The van der Waals surface area contributed by atoms with E-state index >= 15 is 0 Å². The smallest absolute Gasteiger partial charge is 0.255 e. The standard InChI is InChI=1S/C9H15N3O2/c1-3-7(5-13)11-9(14)8-4-10-12-6(8)2/h4,7,13H,3,5H2,1-2H3,(H,10,12)(H,11,14). The van der Waals surface area contributed by atoms with Crippen LogP contribution in [0.3, 0.4) is 0 Å². The molecule has 14 heavy (non-hydrogen) atoms. The topological polar surface area (TPSA) is 78.0 Å². The van der Waals surface area contributed by atoms with Crippen LogP contribution in [0.15, 0.2) is 6.20 Å². The summed E-state index contributed by atoms with van der Waals surface area (Å²) in [5.41, 5.74) is 1.26. The monoisotopic (exact) mass is 197 g/mol. The molecule has 0 spiro atoms. The van der Waals surface area contributed by atoms with Gasteiger partial charge in [-0.25, -0.2) is 0 Å². The molecule has 0 fully saturated rings. The summed E-state index contributed by atoms with van der Waals surface area (Å²) in [5.74, 6) is -0.197. The SMILES string of the molecule is CCC(CO)NC(=O)c1cn[nH]c1C. The summed E-state index contributed by atoms with van der Waals surface area (Å²) in [7, 11) is 0. The second-order valence-electron chi connectivity index (χ2n) is 3.17. The first kappa shape index (κ1) is 10.7. The Kier molecular flexibility index (Phi) is 3.64. The van der Waals surface area contributed by atoms with Crippen LogP contribution in [0.25, 0.3) is 0 Å². The molecule has 1 amide bonds. The first-order valence-corrected chi connectivity index (χ1v) is 4.60. The Balaban J connectivity index is 2.63. The number of hydrogen-bond donors (Lipinski definition) is 3. The Morgan fingerprint density at radius 3 is 2.93 bits per heavy atom. The van der Waals surface area contributed by atoms with E-state index < -0.39 is 0 Å². The lowest BCUT2D eigenvalue weighted by molar-refractivity contribution is 0.0914. The number of H-pyrrole nitrogens is 1. The van der Waals surface area contributed by atoms with Crippen molar-refractivity contribution in [3.63, 3.8) is 0 Å². The number of aromatic nitrogens is 2. The van der Waals surface area contributed by atoms with Crippen molar-refractivity contribution in [3.05, 3.63) is 17.5 Å². The molecule has 0 bridgehead atoms.